The molecule has 1 unspecified atom stereocenters. The summed E-state index contributed by atoms with van der Waals surface area (Å²) in [6.45, 7) is 8.92. The molecule has 0 aromatic heterocycles. The third-order valence-corrected chi connectivity index (χ3v) is 3.09. The smallest absolute Gasteiger partial charge is 0.00581 e. The molecule has 0 saturated carbocycles. The predicted molar refractivity (Wildman–Crippen MR) is 62.1 cm³/mol. The molecule has 0 spiro atoms. The normalized spacial score (nSPS) is 26.6. The van der Waals surface area contributed by atoms with Crippen molar-refractivity contribution >= 4 is 0 Å². The number of rotatable bonds is 1. The summed E-state index contributed by atoms with van der Waals surface area (Å²) >= 11 is 0. The zero-order chi connectivity index (χ0) is 10.3. The van der Waals surface area contributed by atoms with E-state index >= 15 is 0 Å². The van der Waals surface area contributed by atoms with Gasteiger partial charge in [0.15, 0.2) is 0 Å². The molecule has 1 atom stereocenters. The van der Waals surface area contributed by atoms with E-state index in [1.165, 1.54) is 22.3 Å². The van der Waals surface area contributed by atoms with Gasteiger partial charge in [0, 0.05) is 0 Å². The van der Waals surface area contributed by atoms with E-state index in [0.29, 0.717) is 5.92 Å². The highest BCUT2D eigenvalue weighted by Crippen LogP contribution is 2.37. The number of allylic oxidation sites excluding steroid dienone is 8. The van der Waals surface area contributed by atoms with E-state index in [1.54, 1.807) is 5.57 Å². The lowest BCUT2D eigenvalue weighted by Gasteiger charge is -2.07. The predicted octanol–water partition coefficient (Wildman–Crippen LogP) is 4.18. The summed E-state index contributed by atoms with van der Waals surface area (Å²) in [5.41, 5.74) is 7.43. The molecular formula is C14H18. The molecule has 0 radical (unpaired) electrons. The lowest BCUT2D eigenvalue weighted by molar-refractivity contribution is 0.952. The van der Waals surface area contributed by atoms with Gasteiger partial charge in [-0.2, -0.15) is 0 Å². The largest absolute Gasteiger partial charge is 0.0743 e. The summed E-state index contributed by atoms with van der Waals surface area (Å²) in [6, 6.07) is 0. The van der Waals surface area contributed by atoms with Crippen molar-refractivity contribution in [2.45, 2.75) is 34.1 Å². The Hall–Kier alpha value is -1.04. The molecule has 0 aromatic carbocycles. The minimum Gasteiger partial charge on any atom is -0.0743 e. The second-order valence-electron chi connectivity index (χ2n) is 4.62. The summed E-state index contributed by atoms with van der Waals surface area (Å²) in [4.78, 5) is 0. The van der Waals surface area contributed by atoms with Crippen molar-refractivity contribution in [1.82, 2.24) is 0 Å². The van der Waals surface area contributed by atoms with Crippen molar-refractivity contribution in [2.75, 3.05) is 0 Å². The summed E-state index contributed by atoms with van der Waals surface area (Å²) in [5, 5.41) is 0. The van der Waals surface area contributed by atoms with Gasteiger partial charge in [-0.3, -0.25) is 0 Å². The molecule has 0 N–H and O–H groups in total. The van der Waals surface area contributed by atoms with Crippen LogP contribution >= 0.6 is 0 Å². The minimum absolute atomic E-state index is 0.617. The first-order valence-corrected chi connectivity index (χ1v) is 5.36. The third-order valence-electron chi connectivity index (χ3n) is 3.09. The molecular weight excluding hydrogens is 168 g/mol. The van der Waals surface area contributed by atoms with E-state index in [-0.39, 0.29) is 0 Å². The van der Waals surface area contributed by atoms with Crippen LogP contribution < -0.4 is 0 Å². The molecule has 0 heterocycles. The van der Waals surface area contributed by atoms with Crippen molar-refractivity contribution in [2.24, 2.45) is 5.92 Å². The van der Waals surface area contributed by atoms with Gasteiger partial charge in [0.05, 0.1) is 0 Å². The summed E-state index contributed by atoms with van der Waals surface area (Å²) in [6.07, 6.45) is 8.20. The topological polar surface area (TPSA) is 0 Å². The van der Waals surface area contributed by atoms with Crippen LogP contribution in [0.25, 0.3) is 0 Å². The maximum atomic E-state index is 2.39. The first-order chi connectivity index (χ1) is 6.58. The third kappa shape index (κ3) is 1.50. The zero-order valence-electron chi connectivity index (χ0n) is 9.52. The quantitative estimate of drug-likeness (QED) is 0.576. The second kappa shape index (κ2) is 3.27. The molecule has 2 aliphatic carbocycles. The lowest BCUT2D eigenvalue weighted by atomic mass is 9.97. The van der Waals surface area contributed by atoms with Crippen molar-refractivity contribution in [3.05, 3.63) is 46.1 Å². The highest BCUT2D eigenvalue weighted by Gasteiger charge is 2.19. The van der Waals surface area contributed by atoms with Crippen molar-refractivity contribution < 1.29 is 0 Å². The fraction of sp³-hybridized carbons (Fsp3) is 0.429. The molecule has 0 amide bonds. The van der Waals surface area contributed by atoms with Crippen molar-refractivity contribution in [1.29, 1.82) is 0 Å². The van der Waals surface area contributed by atoms with Crippen LogP contribution in [-0.2, 0) is 0 Å². The SMILES string of the molecule is CC1=CC(C)=C(C2=CC(C)C=C2C)C1. The monoisotopic (exact) mass is 186 g/mol. The van der Waals surface area contributed by atoms with E-state index in [0.717, 1.165) is 6.42 Å². The summed E-state index contributed by atoms with van der Waals surface area (Å²) in [7, 11) is 0. The molecule has 2 aliphatic rings. The van der Waals surface area contributed by atoms with Crippen molar-refractivity contribution in [3.8, 4) is 0 Å². The van der Waals surface area contributed by atoms with Crippen LogP contribution in [0.3, 0.4) is 0 Å². The molecule has 0 saturated heterocycles. The number of hydrogen-bond donors (Lipinski definition) is 0. The van der Waals surface area contributed by atoms with Gasteiger partial charge in [0.1, 0.15) is 0 Å². The molecule has 0 nitrogen and oxygen atoms in total. The fourth-order valence-electron chi connectivity index (χ4n) is 2.50. The highest BCUT2D eigenvalue weighted by molar-refractivity contribution is 5.57. The standard InChI is InChI=1S/C14H18/c1-9-5-11(3)13(7-9)14-8-10(2)6-12(14)4/h5-7,9H,8H2,1-4H3. The molecule has 0 bridgehead atoms. The van der Waals surface area contributed by atoms with Gasteiger partial charge >= 0.3 is 0 Å². The Labute approximate surface area is 86.7 Å². The minimum atomic E-state index is 0.617. The van der Waals surface area contributed by atoms with Gasteiger partial charge in [-0.25, -0.2) is 0 Å². The average molecular weight is 186 g/mol. The molecule has 0 heteroatoms. The van der Waals surface area contributed by atoms with E-state index < -0.39 is 0 Å². The Balaban J connectivity index is 2.32. The van der Waals surface area contributed by atoms with Crippen LogP contribution in [0.1, 0.15) is 34.1 Å². The van der Waals surface area contributed by atoms with Crippen LogP contribution in [-0.4, -0.2) is 0 Å². The van der Waals surface area contributed by atoms with Crippen LogP contribution in [0.5, 0.6) is 0 Å². The second-order valence-corrected chi connectivity index (χ2v) is 4.62. The maximum absolute atomic E-state index is 2.39. The van der Waals surface area contributed by atoms with Crippen LogP contribution in [0.4, 0.5) is 0 Å². The van der Waals surface area contributed by atoms with Gasteiger partial charge in [0.25, 0.3) is 0 Å². The average Bonchev–Trinajstić information content (AvgIpc) is 2.55. The van der Waals surface area contributed by atoms with Crippen molar-refractivity contribution in [3.63, 3.8) is 0 Å². The molecule has 74 valence electrons. The molecule has 2 rings (SSSR count). The van der Waals surface area contributed by atoms with Gasteiger partial charge in [-0.05, 0) is 55.4 Å². The Kier molecular flexibility index (Phi) is 2.22. The zero-order valence-corrected chi connectivity index (χ0v) is 9.52. The van der Waals surface area contributed by atoms with Gasteiger partial charge in [0.2, 0.25) is 0 Å². The highest BCUT2D eigenvalue weighted by atomic mass is 14.2. The van der Waals surface area contributed by atoms with E-state index in [1.807, 2.05) is 0 Å². The van der Waals surface area contributed by atoms with E-state index in [2.05, 4.69) is 45.9 Å². The first-order valence-electron chi connectivity index (χ1n) is 5.36. The maximum Gasteiger partial charge on any atom is -0.00581 e. The van der Waals surface area contributed by atoms with Crippen LogP contribution in [0.15, 0.2) is 46.1 Å². The van der Waals surface area contributed by atoms with Crippen LogP contribution in [0.2, 0.25) is 0 Å². The molecule has 0 aromatic rings. The fourth-order valence-corrected chi connectivity index (χ4v) is 2.50. The Morgan fingerprint density at radius 1 is 1.14 bits per heavy atom. The molecule has 0 fully saturated rings. The van der Waals surface area contributed by atoms with Gasteiger partial charge in [-0.15, -0.1) is 0 Å². The number of hydrogen-bond acceptors (Lipinski definition) is 0. The lowest BCUT2D eigenvalue weighted by Crippen LogP contribution is -1.89. The van der Waals surface area contributed by atoms with Gasteiger partial charge in [-0.1, -0.05) is 30.7 Å². The van der Waals surface area contributed by atoms with E-state index in [4.69, 9.17) is 0 Å². The molecule has 14 heavy (non-hydrogen) atoms. The Morgan fingerprint density at radius 2 is 1.86 bits per heavy atom. The van der Waals surface area contributed by atoms with E-state index in [9.17, 15) is 0 Å². The summed E-state index contributed by atoms with van der Waals surface area (Å²) in [5.74, 6) is 0.617. The van der Waals surface area contributed by atoms with Gasteiger partial charge < -0.3 is 0 Å². The summed E-state index contributed by atoms with van der Waals surface area (Å²) < 4.78 is 0. The molecule has 0 aliphatic heterocycles. The Morgan fingerprint density at radius 3 is 2.29 bits per heavy atom. The Bertz CT molecular complexity index is 386. The van der Waals surface area contributed by atoms with Crippen LogP contribution in [0, 0.1) is 5.92 Å². The first kappa shape index (κ1) is 9.51.